The maximum absolute atomic E-state index is 12.5. The molecule has 7 heteroatoms. The maximum atomic E-state index is 12.5. The molecule has 0 saturated carbocycles. The van der Waals surface area contributed by atoms with Gasteiger partial charge in [0.05, 0.1) is 24.0 Å². The van der Waals surface area contributed by atoms with Crippen molar-refractivity contribution in [2.75, 3.05) is 25.0 Å². The summed E-state index contributed by atoms with van der Waals surface area (Å²) in [6.07, 6.45) is 5.81. The van der Waals surface area contributed by atoms with E-state index in [0.29, 0.717) is 25.3 Å². The fourth-order valence-electron chi connectivity index (χ4n) is 2.75. The third-order valence-corrected chi connectivity index (χ3v) is 4.20. The maximum Gasteiger partial charge on any atom is 0.321 e. The number of nitrogens with one attached hydrogen (secondary N) is 2. The van der Waals surface area contributed by atoms with Gasteiger partial charge in [0.2, 0.25) is 5.91 Å². The van der Waals surface area contributed by atoms with E-state index < -0.39 is 0 Å². The van der Waals surface area contributed by atoms with Crippen LogP contribution in [-0.2, 0) is 10.2 Å². The number of carbonyl (C=O) groups is 2. The van der Waals surface area contributed by atoms with E-state index >= 15 is 0 Å². The molecule has 1 aliphatic rings. The third-order valence-electron chi connectivity index (χ3n) is 4.20. The summed E-state index contributed by atoms with van der Waals surface area (Å²) in [6, 6.07) is -0.208. The summed E-state index contributed by atoms with van der Waals surface area (Å²) in [7, 11) is 0. The zero-order valence-corrected chi connectivity index (χ0v) is 15.6. The lowest BCUT2D eigenvalue weighted by Gasteiger charge is -2.32. The zero-order chi connectivity index (χ0) is 18.4. The molecule has 25 heavy (non-hydrogen) atoms. The first kappa shape index (κ1) is 19.1. The van der Waals surface area contributed by atoms with Crippen LogP contribution in [0, 0.1) is 5.92 Å². The molecular weight excluding hydrogens is 318 g/mol. The molecular formula is C18H29N5O2. The molecule has 138 valence electrons. The van der Waals surface area contributed by atoms with Crippen LogP contribution in [0.5, 0.6) is 0 Å². The van der Waals surface area contributed by atoms with Crippen molar-refractivity contribution in [2.24, 2.45) is 5.92 Å². The van der Waals surface area contributed by atoms with E-state index in [1.54, 1.807) is 17.3 Å². The predicted molar refractivity (Wildman–Crippen MR) is 97.3 cm³/mol. The van der Waals surface area contributed by atoms with E-state index in [2.05, 4.69) is 20.6 Å². The summed E-state index contributed by atoms with van der Waals surface area (Å²) < 4.78 is 0. The number of amides is 3. The number of nitrogens with zero attached hydrogens (tertiary/aromatic N) is 3. The number of hydrogen-bond acceptors (Lipinski definition) is 4. The van der Waals surface area contributed by atoms with E-state index in [4.69, 9.17) is 0 Å². The fraction of sp³-hybridized carbons (Fsp3) is 0.667. The van der Waals surface area contributed by atoms with Gasteiger partial charge in [-0.2, -0.15) is 0 Å². The molecule has 1 aliphatic heterocycles. The van der Waals surface area contributed by atoms with Crippen molar-refractivity contribution in [3.63, 3.8) is 0 Å². The Balaban J connectivity index is 1.92. The van der Waals surface area contributed by atoms with Gasteiger partial charge in [-0.05, 0) is 19.3 Å². The number of carbonyl (C=O) groups excluding carboxylic acids is 2. The van der Waals surface area contributed by atoms with Gasteiger partial charge in [0, 0.05) is 25.0 Å². The van der Waals surface area contributed by atoms with Crippen molar-refractivity contribution < 1.29 is 9.59 Å². The van der Waals surface area contributed by atoms with Gasteiger partial charge in [0.1, 0.15) is 5.82 Å². The van der Waals surface area contributed by atoms with Crippen molar-refractivity contribution in [2.45, 2.75) is 52.4 Å². The molecule has 2 N–H and O–H groups in total. The van der Waals surface area contributed by atoms with Gasteiger partial charge in [0.25, 0.3) is 0 Å². The molecule has 0 aromatic carbocycles. The van der Waals surface area contributed by atoms with E-state index in [9.17, 15) is 9.59 Å². The van der Waals surface area contributed by atoms with E-state index in [0.717, 1.165) is 25.1 Å². The normalized spacial score (nSPS) is 17.9. The largest absolute Gasteiger partial charge is 0.356 e. The van der Waals surface area contributed by atoms with Crippen LogP contribution in [0.4, 0.5) is 10.5 Å². The molecule has 0 bridgehead atoms. The van der Waals surface area contributed by atoms with Gasteiger partial charge in [0.15, 0.2) is 0 Å². The molecule has 0 unspecified atom stereocenters. The first-order valence-corrected chi connectivity index (χ1v) is 8.97. The van der Waals surface area contributed by atoms with Gasteiger partial charge in [-0.25, -0.2) is 14.8 Å². The molecule has 1 saturated heterocycles. The SMILES string of the molecule is CCCNC(=O)[C@@H]1CCCN(C(=O)Nc2cnc(C(C)(C)C)nc2)C1. The lowest BCUT2D eigenvalue weighted by Crippen LogP contribution is -2.47. The average Bonchev–Trinajstić information content (AvgIpc) is 2.59. The van der Waals surface area contributed by atoms with Crippen LogP contribution in [-0.4, -0.2) is 46.4 Å². The molecule has 1 aromatic heterocycles. The number of aromatic nitrogens is 2. The van der Waals surface area contributed by atoms with Crippen LogP contribution >= 0.6 is 0 Å². The van der Waals surface area contributed by atoms with Crippen molar-refractivity contribution in [1.82, 2.24) is 20.2 Å². The van der Waals surface area contributed by atoms with E-state index in [1.807, 2.05) is 27.7 Å². The van der Waals surface area contributed by atoms with Gasteiger partial charge in [-0.15, -0.1) is 0 Å². The Morgan fingerprint density at radius 2 is 1.96 bits per heavy atom. The van der Waals surface area contributed by atoms with Gasteiger partial charge in [-0.1, -0.05) is 27.7 Å². The van der Waals surface area contributed by atoms with Gasteiger partial charge >= 0.3 is 6.03 Å². The molecule has 0 radical (unpaired) electrons. The number of hydrogen-bond donors (Lipinski definition) is 2. The number of likely N-dealkylation sites (tertiary alicyclic amines) is 1. The van der Waals surface area contributed by atoms with Crippen LogP contribution in [0.3, 0.4) is 0 Å². The molecule has 1 atom stereocenters. The minimum Gasteiger partial charge on any atom is -0.356 e. The molecule has 0 aliphatic carbocycles. The van der Waals surface area contributed by atoms with Crippen LogP contribution in [0.15, 0.2) is 12.4 Å². The van der Waals surface area contributed by atoms with E-state index in [1.165, 1.54) is 0 Å². The summed E-state index contributed by atoms with van der Waals surface area (Å²) in [5.74, 6) is 0.638. The second-order valence-corrected chi connectivity index (χ2v) is 7.55. The third kappa shape index (κ3) is 5.41. The first-order valence-electron chi connectivity index (χ1n) is 8.97. The van der Waals surface area contributed by atoms with Crippen molar-refractivity contribution >= 4 is 17.6 Å². The smallest absolute Gasteiger partial charge is 0.321 e. The topological polar surface area (TPSA) is 87.2 Å². The standard InChI is InChI=1S/C18H29N5O2/c1-5-8-19-15(24)13-7-6-9-23(12-13)17(25)22-14-10-20-16(21-11-14)18(2,3)4/h10-11,13H,5-9,12H2,1-4H3,(H,19,24)(H,22,25)/t13-/m1/s1. The Labute approximate surface area is 149 Å². The number of rotatable bonds is 4. The highest BCUT2D eigenvalue weighted by molar-refractivity contribution is 5.89. The number of urea groups is 1. The molecule has 1 fully saturated rings. The molecule has 7 nitrogen and oxygen atoms in total. The Morgan fingerprint density at radius 1 is 1.28 bits per heavy atom. The summed E-state index contributed by atoms with van der Waals surface area (Å²) in [6.45, 7) is 9.92. The Hall–Kier alpha value is -2.18. The fourth-order valence-corrected chi connectivity index (χ4v) is 2.75. The van der Waals surface area contributed by atoms with Crippen molar-refractivity contribution in [3.8, 4) is 0 Å². The highest BCUT2D eigenvalue weighted by Crippen LogP contribution is 2.20. The highest BCUT2D eigenvalue weighted by atomic mass is 16.2. The molecule has 1 aromatic rings. The monoisotopic (exact) mass is 347 g/mol. The van der Waals surface area contributed by atoms with Gasteiger partial charge < -0.3 is 15.5 Å². The summed E-state index contributed by atoms with van der Waals surface area (Å²) in [5, 5.41) is 5.74. The van der Waals surface area contributed by atoms with Crippen LogP contribution in [0.25, 0.3) is 0 Å². The van der Waals surface area contributed by atoms with Crippen molar-refractivity contribution in [1.29, 1.82) is 0 Å². The highest BCUT2D eigenvalue weighted by Gasteiger charge is 2.28. The van der Waals surface area contributed by atoms with Crippen molar-refractivity contribution in [3.05, 3.63) is 18.2 Å². The lowest BCUT2D eigenvalue weighted by atomic mass is 9.96. The molecule has 3 amide bonds. The lowest BCUT2D eigenvalue weighted by molar-refractivity contribution is -0.126. The Morgan fingerprint density at radius 3 is 2.56 bits per heavy atom. The summed E-state index contributed by atoms with van der Waals surface area (Å²) >= 11 is 0. The quantitative estimate of drug-likeness (QED) is 0.876. The minimum atomic E-state index is -0.208. The Kier molecular flexibility index (Phi) is 6.33. The summed E-state index contributed by atoms with van der Waals surface area (Å²) in [5.41, 5.74) is 0.435. The first-order chi connectivity index (χ1) is 11.8. The summed E-state index contributed by atoms with van der Waals surface area (Å²) in [4.78, 5) is 34.9. The predicted octanol–water partition coefficient (Wildman–Crippen LogP) is 2.54. The molecule has 2 rings (SSSR count). The second kappa shape index (κ2) is 8.27. The molecule has 2 heterocycles. The van der Waals surface area contributed by atoms with Gasteiger partial charge in [-0.3, -0.25) is 4.79 Å². The number of anilines is 1. The number of piperidine rings is 1. The zero-order valence-electron chi connectivity index (χ0n) is 15.6. The van der Waals surface area contributed by atoms with E-state index in [-0.39, 0.29) is 23.3 Å². The van der Waals surface area contributed by atoms with Crippen LogP contribution < -0.4 is 10.6 Å². The second-order valence-electron chi connectivity index (χ2n) is 7.55. The average molecular weight is 347 g/mol. The Bertz CT molecular complexity index is 594. The molecule has 0 spiro atoms. The minimum absolute atomic E-state index is 0.0391. The van der Waals surface area contributed by atoms with Crippen LogP contribution in [0.2, 0.25) is 0 Å². The van der Waals surface area contributed by atoms with Crippen LogP contribution in [0.1, 0.15) is 52.8 Å².